The second-order valence-electron chi connectivity index (χ2n) is 9.55. The van der Waals surface area contributed by atoms with Crippen molar-refractivity contribution in [2.45, 2.75) is 85.2 Å². The van der Waals surface area contributed by atoms with Gasteiger partial charge in [0.25, 0.3) is 0 Å². The number of hydrogen-bond donors (Lipinski definition) is 2. The Bertz CT molecular complexity index is 577. The highest BCUT2D eigenvalue weighted by molar-refractivity contribution is 5.88. The minimum absolute atomic E-state index is 0.0144. The molecule has 7 heteroatoms. The first-order chi connectivity index (χ1) is 14.2. The monoisotopic (exact) mass is 423 g/mol. The molecule has 1 saturated heterocycles. The van der Waals surface area contributed by atoms with Gasteiger partial charge >= 0.3 is 6.09 Å². The number of carbonyl (C=O) groups is 3. The van der Waals surface area contributed by atoms with E-state index in [1.807, 2.05) is 13.8 Å². The van der Waals surface area contributed by atoms with Crippen molar-refractivity contribution in [3.8, 4) is 0 Å². The smallest absolute Gasteiger partial charge is 0.409 e. The van der Waals surface area contributed by atoms with Crippen molar-refractivity contribution in [3.05, 3.63) is 0 Å². The number of hydrogen-bond acceptors (Lipinski definition) is 4. The lowest BCUT2D eigenvalue weighted by Crippen LogP contribution is -2.55. The first-order valence-electron chi connectivity index (χ1n) is 11.7. The highest BCUT2D eigenvalue weighted by Crippen LogP contribution is 2.33. The van der Waals surface area contributed by atoms with Crippen molar-refractivity contribution in [2.75, 3.05) is 19.7 Å². The van der Waals surface area contributed by atoms with E-state index < -0.39 is 6.04 Å². The summed E-state index contributed by atoms with van der Waals surface area (Å²) in [5.41, 5.74) is 0. The molecule has 0 unspecified atom stereocenters. The fourth-order valence-corrected chi connectivity index (χ4v) is 4.57. The second-order valence-corrected chi connectivity index (χ2v) is 9.55. The fraction of sp³-hybridized carbons (Fsp3) is 0.870. The van der Waals surface area contributed by atoms with Crippen LogP contribution in [0.25, 0.3) is 0 Å². The van der Waals surface area contributed by atoms with Crippen molar-refractivity contribution in [2.24, 2.45) is 23.7 Å². The third-order valence-electron chi connectivity index (χ3n) is 6.70. The zero-order valence-electron chi connectivity index (χ0n) is 19.4. The molecule has 0 bridgehead atoms. The highest BCUT2D eigenvalue weighted by atomic mass is 16.6. The molecule has 1 saturated carbocycles. The van der Waals surface area contributed by atoms with Crippen molar-refractivity contribution in [3.63, 3.8) is 0 Å². The van der Waals surface area contributed by atoms with Gasteiger partial charge in [0.15, 0.2) is 0 Å². The number of nitrogens with zero attached hydrogens (tertiary/aromatic N) is 1. The third kappa shape index (κ3) is 6.88. The van der Waals surface area contributed by atoms with Crippen LogP contribution in [0.4, 0.5) is 4.79 Å². The lowest BCUT2D eigenvalue weighted by molar-refractivity contribution is -0.133. The Morgan fingerprint density at radius 2 is 1.57 bits per heavy atom. The first kappa shape index (κ1) is 24.5. The number of rotatable bonds is 7. The number of nitrogens with one attached hydrogen (secondary N) is 2. The zero-order valence-corrected chi connectivity index (χ0v) is 19.4. The maximum atomic E-state index is 12.9. The Labute approximate surface area is 181 Å². The van der Waals surface area contributed by atoms with E-state index >= 15 is 0 Å². The Morgan fingerprint density at radius 1 is 0.967 bits per heavy atom. The lowest BCUT2D eigenvalue weighted by Gasteiger charge is -2.34. The molecule has 3 amide bonds. The van der Waals surface area contributed by atoms with Gasteiger partial charge in [-0.1, -0.05) is 27.7 Å². The van der Waals surface area contributed by atoms with Crippen LogP contribution in [-0.2, 0) is 14.3 Å². The van der Waals surface area contributed by atoms with E-state index in [9.17, 15) is 14.4 Å². The number of carbonyl (C=O) groups excluding carboxylic acids is 3. The summed E-state index contributed by atoms with van der Waals surface area (Å²) in [6, 6.07) is -0.508. The van der Waals surface area contributed by atoms with E-state index in [1.54, 1.807) is 11.8 Å². The van der Waals surface area contributed by atoms with E-state index in [-0.39, 0.29) is 35.8 Å². The summed E-state index contributed by atoms with van der Waals surface area (Å²) < 4.78 is 5.04. The van der Waals surface area contributed by atoms with E-state index in [4.69, 9.17) is 4.74 Å². The predicted octanol–water partition coefficient (Wildman–Crippen LogP) is 3.33. The molecule has 172 valence electrons. The molecule has 1 aliphatic carbocycles. The zero-order chi connectivity index (χ0) is 22.3. The molecule has 2 N–H and O–H groups in total. The number of amides is 3. The average Bonchev–Trinajstić information content (AvgIpc) is 2.72. The van der Waals surface area contributed by atoms with E-state index in [0.717, 1.165) is 25.7 Å². The minimum Gasteiger partial charge on any atom is -0.450 e. The topological polar surface area (TPSA) is 87.7 Å². The lowest BCUT2D eigenvalue weighted by atomic mass is 9.76. The van der Waals surface area contributed by atoms with Gasteiger partial charge in [0.05, 0.1) is 6.61 Å². The summed E-state index contributed by atoms with van der Waals surface area (Å²) in [6.45, 7) is 11.7. The van der Waals surface area contributed by atoms with Gasteiger partial charge in [-0.2, -0.15) is 0 Å². The number of likely N-dealkylation sites (tertiary alicyclic amines) is 1. The van der Waals surface area contributed by atoms with E-state index in [0.29, 0.717) is 44.4 Å². The van der Waals surface area contributed by atoms with Crippen molar-refractivity contribution in [1.29, 1.82) is 0 Å². The maximum absolute atomic E-state index is 12.9. The van der Waals surface area contributed by atoms with Crippen molar-refractivity contribution in [1.82, 2.24) is 15.5 Å². The van der Waals surface area contributed by atoms with E-state index in [1.165, 1.54) is 0 Å². The van der Waals surface area contributed by atoms with Gasteiger partial charge in [0.2, 0.25) is 11.8 Å². The summed E-state index contributed by atoms with van der Waals surface area (Å²) in [5, 5.41) is 6.12. The molecule has 1 atom stereocenters. The molecule has 30 heavy (non-hydrogen) atoms. The molecule has 7 nitrogen and oxygen atoms in total. The molecule has 0 aromatic rings. The Morgan fingerprint density at radius 3 is 2.07 bits per heavy atom. The molecule has 2 rings (SSSR count). The van der Waals surface area contributed by atoms with Gasteiger partial charge in [0, 0.05) is 25.0 Å². The van der Waals surface area contributed by atoms with Crippen LogP contribution in [0.1, 0.15) is 73.1 Å². The largest absolute Gasteiger partial charge is 0.450 e. The van der Waals surface area contributed by atoms with Gasteiger partial charge < -0.3 is 20.3 Å². The molecule has 2 aliphatic rings. The summed E-state index contributed by atoms with van der Waals surface area (Å²) in [5.74, 6) is 1.30. The molecule has 1 aliphatic heterocycles. The minimum atomic E-state index is -0.525. The summed E-state index contributed by atoms with van der Waals surface area (Å²) in [7, 11) is 0. The molecule has 0 spiro atoms. The number of piperidine rings is 1. The molecule has 0 radical (unpaired) electrons. The molecular weight excluding hydrogens is 382 g/mol. The van der Waals surface area contributed by atoms with Gasteiger partial charge in [0.1, 0.15) is 6.04 Å². The van der Waals surface area contributed by atoms with E-state index in [2.05, 4.69) is 24.5 Å². The highest BCUT2D eigenvalue weighted by Gasteiger charge is 2.33. The normalized spacial score (nSPS) is 23.9. The van der Waals surface area contributed by atoms with Gasteiger partial charge in [-0.15, -0.1) is 0 Å². The Kier molecular flexibility index (Phi) is 9.43. The third-order valence-corrected chi connectivity index (χ3v) is 6.70. The molecular formula is C23H41N3O4. The van der Waals surface area contributed by atoms with Gasteiger partial charge in [-0.05, 0) is 63.2 Å². The van der Waals surface area contributed by atoms with Crippen LogP contribution in [-0.4, -0.2) is 54.6 Å². The molecule has 0 aromatic carbocycles. The molecule has 2 fully saturated rings. The maximum Gasteiger partial charge on any atom is 0.409 e. The van der Waals surface area contributed by atoms with Gasteiger partial charge in [-0.3, -0.25) is 9.59 Å². The quantitative estimate of drug-likeness (QED) is 0.657. The van der Waals surface area contributed by atoms with Crippen LogP contribution in [0.5, 0.6) is 0 Å². The second kappa shape index (κ2) is 11.6. The summed E-state index contributed by atoms with van der Waals surface area (Å²) >= 11 is 0. The SMILES string of the molecule is CCOC(=O)N1CCC(NC(=O)[C@H](NC(=O)C2CCC(C(C)C)CC2)C(C)C)CC1. The summed E-state index contributed by atoms with van der Waals surface area (Å²) in [4.78, 5) is 39.2. The average molecular weight is 424 g/mol. The van der Waals surface area contributed by atoms with Crippen LogP contribution in [0.2, 0.25) is 0 Å². The Hall–Kier alpha value is -1.79. The Balaban J connectivity index is 1.82. The van der Waals surface area contributed by atoms with Crippen LogP contribution >= 0.6 is 0 Å². The fourth-order valence-electron chi connectivity index (χ4n) is 4.57. The predicted molar refractivity (Wildman–Crippen MR) is 117 cm³/mol. The standard InChI is InChI=1S/C23H41N3O4/c1-6-30-23(29)26-13-11-19(12-14-26)24-22(28)20(16(4)5)25-21(27)18-9-7-17(8-10-18)15(2)3/h15-20H,6-14H2,1-5H3,(H,24,28)(H,25,27)/t17?,18?,20-/m1/s1. The summed E-state index contributed by atoms with van der Waals surface area (Å²) in [6.07, 6.45) is 5.11. The first-order valence-corrected chi connectivity index (χ1v) is 11.7. The van der Waals surface area contributed by atoms with Crippen LogP contribution in [0, 0.1) is 23.7 Å². The van der Waals surface area contributed by atoms with Gasteiger partial charge in [-0.25, -0.2) is 4.79 Å². The van der Waals surface area contributed by atoms with Crippen LogP contribution in [0.15, 0.2) is 0 Å². The number of ether oxygens (including phenoxy) is 1. The molecule has 0 aromatic heterocycles. The van der Waals surface area contributed by atoms with Crippen LogP contribution < -0.4 is 10.6 Å². The van der Waals surface area contributed by atoms with Crippen molar-refractivity contribution < 1.29 is 19.1 Å². The van der Waals surface area contributed by atoms with Crippen molar-refractivity contribution >= 4 is 17.9 Å². The van der Waals surface area contributed by atoms with Crippen LogP contribution in [0.3, 0.4) is 0 Å². The molecule has 1 heterocycles.